The summed E-state index contributed by atoms with van der Waals surface area (Å²) < 4.78 is 43.5. The number of carboxylic acids is 1. The molecule has 0 bridgehead atoms. The second-order valence-electron chi connectivity index (χ2n) is 1.49. The van der Waals surface area contributed by atoms with E-state index in [1.54, 1.807) is 0 Å². The molecule has 0 radical (unpaired) electrons. The van der Waals surface area contributed by atoms with Gasteiger partial charge in [0, 0.05) is 8.22 Å². The number of carboxylic acid groups (broad SMARTS) is 1. The van der Waals surface area contributed by atoms with Crippen molar-refractivity contribution >= 4 is 5.97 Å². The quantitative estimate of drug-likeness (QED) is 0.496. The van der Waals surface area contributed by atoms with Crippen LogP contribution >= 0.6 is 0 Å². The van der Waals surface area contributed by atoms with Gasteiger partial charge in [0.1, 0.15) is 6.04 Å². The summed E-state index contributed by atoms with van der Waals surface area (Å²) in [5.74, 6) is -1.61. The van der Waals surface area contributed by atoms with Crippen LogP contribution in [0.25, 0.3) is 0 Å². The predicted octanol–water partition coefficient (Wildman–Crippen LogP) is -0.473. The van der Waals surface area contributed by atoms with Crippen LogP contribution in [0.2, 0.25) is 0 Å². The lowest BCUT2D eigenvalue weighted by Crippen LogP contribution is -2.29. The molecule has 2 unspecified atom stereocenters. The van der Waals surface area contributed by atoms with Crippen LogP contribution in [-0.4, -0.2) is 23.6 Å². The predicted molar refractivity (Wildman–Crippen MR) is 38.5 cm³/mol. The molecule has 0 amide bonds. The molecule has 0 aromatic rings. The molecular weight excluding hydrogens is 132 g/mol. The summed E-state index contributed by atoms with van der Waals surface area (Å²) in [7, 11) is 0. The van der Waals surface area contributed by atoms with Crippen molar-refractivity contribution in [2.24, 2.45) is 11.5 Å². The maximum Gasteiger partial charge on any atom is 0.320 e. The molecule has 0 rings (SSSR count). The topological polar surface area (TPSA) is 89.3 Å². The zero-order chi connectivity index (χ0) is 13.3. The maximum atomic E-state index is 10.5. The molecule has 4 heteroatoms. The lowest BCUT2D eigenvalue weighted by Gasteiger charge is -2.03. The molecule has 0 aromatic carbocycles. The molecule has 0 saturated heterocycles. The summed E-state index contributed by atoms with van der Waals surface area (Å²) in [5.41, 5.74) is 10.00. The Labute approximate surface area is 68.6 Å². The van der Waals surface area contributed by atoms with E-state index in [4.69, 9.17) is 24.8 Å². The fourth-order valence-electron chi connectivity index (χ4n) is 0.257. The molecular formula is C6H14N2O2. The Bertz CT molecular complexity index is 272. The molecule has 0 aliphatic rings. The van der Waals surface area contributed by atoms with Gasteiger partial charge in [-0.25, -0.2) is 0 Å². The smallest absolute Gasteiger partial charge is 0.320 e. The lowest BCUT2D eigenvalue weighted by molar-refractivity contribution is -0.138. The summed E-state index contributed by atoms with van der Waals surface area (Å²) in [5, 5.41) is 8.51. The van der Waals surface area contributed by atoms with Gasteiger partial charge in [0.25, 0.3) is 0 Å². The molecule has 0 saturated carbocycles. The molecule has 0 aliphatic heterocycles. The summed E-state index contributed by atoms with van der Waals surface area (Å²) in [6.07, 6.45) is -7.87. The van der Waals surface area contributed by atoms with E-state index in [-0.39, 0.29) is 0 Å². The molecule has 3 atom stereocenters. The first-order valence-corrected chi connectivity index (χ1v) is 2.54. The van der Waals surface area contributed by atoms with Crippen LogP contribution in [0.1, 0.15) is 27.4 Å². The second-order valence-corrected chi connectivity index (χ2v) is 1.49. The van der Waals surface area contributed by atoms with Gasteiger partial charge in [-0.15, -0.1) is 0 Å². The molecule has 60 valence electrons. The van der Waals surface area contributed by atoms with Gasteiger partial charge in [-0.05, 0) is 19.3 Å². The number of nitrogens with two attached hydrogens (primary N) is 2. The fourth-order valence-corrected chi connectivity index (χ4v) is 0.257. The van der Waals surface area contributed by atoms with Crippen LogP contribution < -0.4 is 11.5 Å². The highest BCUT2D eigenvalue weighted by Crippen LogP contribution is 1.96. The third kappa shape index (κ3) is 4.29. The first kappa shape index (κ1) is 3.19. The van der Waals surface area contributed by atoms with Crippen molar-refractivity contribution in [3.8, 4) is 0 Å². The molecule has 0 aliphatic carbocycles. The summed E-state index contributed by atoms with van der Waals surface area (Å²) in [6.45, 7) is -1.93. The summed E-state index contributed by atoms with van der Waals surface area (Å²) in [6, 6.07) is -1.89. The second kappa shape index (κ2) is 5.20. The van der Waals surface area contributed by atoms with Crippen molar-refractivity contribution in [2.75, 3.05) is 6.52 Å². The van der Waals surface area contributed by atoms with Crippen molar-refractivity contribution in [1.29, 1.82) is 0 Å². The molecule has 0 aromatic heterocycles. The van der Waals surface area contributed by atoms with E-state index in [1.807, 2.05) is 0 Å². The van der Waals surface area contributed by atoms with Crippen molar-refractivity contribution in [3.63, 3.8) is 0 Å². The lowest BCUT2D eigenvalue weighted by atomic mass is 10.1. The molecule has 0 spiro atoms. The van der Waals surface area contributed by atoms with E-state index >= 15 is 0 Å². The molecule has 5 N–H and O–H groups in total. The normalized spacial score (nSPS) is 31.0. The average molecular weight is 152 g/mol. The Balaban J connectivity index is 5.12. The Morgan fingerprint density at radius 2 is 2.30 bits per heavy atom. The highest BCUT2D eigenvalue weighted by molar-refractivity contribution is 5.72. The highest BCUT2D eigenvalue weighted by Gasteiger charge is 2.09. The molecule has 0 heterocycles. The van der Waals surface area contributed by atoms with Crippen LogP contribution in [0.3, 0.4) is 0 Å². The standard InChI is InChI=1S/C6H14N2O2/c7-4-2-1-3-5(8)6(9)10/h5H,1-4,7-8H2,(H,9,10)/t5-/m0/s1/i1D2,2D2,3D,4D/t3?,4?,5-. The van der Waals surface area contributed by atoms with Crippen LogP contribution in [0.5, 0.6) is 0 Å². The van der Waals surface area contributed by atoms with Gasteiger partial charge in [0.2, 0.25) is 0 Å². The van der Waals surface area contributed by atoms with Crippen molar-refractivity contribution in [1.82, 2.24) is 0 Å². The third-order valence-electron chi connectivity index (χ3n) is 0.715. The minimum absolute atomic E-state index is 1.61. The summed E-state index contributed by atoms with van der Waals surface area (Å²) in [4.78, 5) is 10.5. The van der Waals surface area contributed by atoms with Gasteiger partial charge in [-0.3, -0.25) is 4.79 Å². The van der Waals surface area contributed by atoms with Crippen LogP contribution in [-0.2, 0) is 4.79 Å². The Hall–Kier alpha value is -0.610. The largest absolute Gasteiger partial charge is 0.480 e. The fraction of sp³-hybridized carbons (Fsp3) is 0.833. The number of rotatable bonds is 5. The van der Waals surface area contributed by atoms with E-state index in [1.165, 1.54) is 0 Å². The first-order chi connectivity index (χ1) is 6.96. The van der Waals surface area contributed by atoms with Gasteiger partial charge >= 0.3 is 5.97 Å². The van der Waals surface area contributed by atoms with Crippen molar-refractivity contribution in [3.05, 3.63) is 0 Å². The zero-order valence-electron chi connectivity index (χ0n) is 11.2. The highest BCUT2D eigenvalue weighted by atomic mass is 16.4. The number of hydrogen-bond donors (Lipinski definition) is 3. The minimum Gasteiger partial charge on any atom is -0.480 e. The van der Waals surface area contributed by atoms with E-state index in [0.717, 1.165) is 0 Å². The van der Waals surface area contributed by atoms with Gasteiger partial charge in [-0.2, -0.15) is 0 Å². The van der Waals surface area contributed by atoms with E-state index in [0.29, 0.717) is 0 Å². The van der Waals surface area contributed by atoms with Crippen molar-refractivity contribution < 1.29 is 18.1 Å². The van der Waals surface area contributed by atoms with Gasteiger partial charge in [0.05, 0.1) is 0 Å². The summed E-state index contributed by atoms with van der Waals surface area (Å²) >= 11 is 0. The SMILES string of the molecule is [2H]C(N)C([2H])([2H])C([2H])([2H])C([2H])[C@H](N)C(=O)O. The van der Waals surface area contributed by atoms with Crippen LogP contribution in [0.4, 0.5) is 0 Å². The Morgan fingerprint density at radius 1 is 1.70 bits per heavy atom. The van der Waals surface area contributed by atoms with E-state index < -0.39 is 37.7 Å². The van der Waals surface area contributed by atoms with Crippen LogP contribution in [0.15, 0.2) is 0 Å². The third-order valence-corrected chi connectivity index (χ3v) is 0.715. The molecule has 4 nitrogen and oxygen atoms in total. The maximum absolute atomic E-state index is 10.5. The molecule has 0 fully saturated rings. The number of aliphatic carboxylic acids is 1. The van der Waals surface area contributed by atoms with Gasteiger partial charge in [0.15, 0.2) is 0 Å². The molecule has 10 heavy (non-hydrogen) atoms. The van der Waals surface area contributed by atoms with E-state index in [9.17, 15) is 4.79 Å². The van der Waals surface area contributed by atoms with Crippen molar-refractivity contribution in [2.45, 2.75) is 25.2 Å². The Morgan fingerprint density at radius 3 is 2.70 bits per heavy atom. The first-order valence-electron chi connectivity index (χ1n) is 5.70. The number of hydrogen-bond acceptors (Lipinski definition) is 3. The monoisotopic (exact) mass is 152 g/mol. The average Bonchev–Trinajstić information content (AvgIpc) is 2.14. The zero-order valence-corrected chi connectivity index (χ0v) is 5.24. The van der Waals surface area contributed by atoms with Gasteiger partial charge in [-0.1, -0.05) is 6.37 Å². The minimum atomic E-state index is -2.94. The van der Waals surface area contributed by atoms with E-state index in [2.05, 4.69) is 0 Å². The van der Waals surface area contributed by atoms with Gasteiger partial charge < -0.3 is 16.6 Å². The number of carbonyl (C=O) groups is 1. The van der Waals surface area contributed by atoms with Crippen LogP contribution in [0, 0.1) is 0 Å². The Kier molecular flexibility index (Phi) is 1.66.